The van der Waals surface area contributed by atoms with Gasteiger partial charge in [0.25, 0.3) is 0 Å². The number of aryl methyl sites for hydroxylation is 1. The van der Waals surface area contributed by atoms with Gasteiger partial charge >= 0.3 is 0 Å². The predicted octanol–water partition coefficient (Wildman–Crippen LogP) is 1.99. The number of hydrogen-bond donors (Lipinski definition) is 1. The molecule has 0 unspecified atom stereocenters. The van der Waals surface area contributed by atoms with Gasteiger partial charge in [0.15, 0.2) is 11.5 Å². The minimum absolute atomic E-state index is 0.227. The average molecular weight is 273 g/mol. The number of para-hydroxylation sites is 2. The molecule has 1 N–H and O–H groups in total. The third-order valence-corrected chi connectivity index (χ3v) is 3.59. The molecule has 0 bridgehead atoms. The summed E-state index contributed by atoms with van der Waals surface area (Å²) < 4.78 is 11.2. The van der Waals surface area contributed by atoms with E-state index in [9.17, 15) is 0 Å². The molecule has 2 aromatic rings. The summed E-state index contributed by atoms with van der Waals surface area (Å²) in [5, 5.41) is 0. The topological polar surface area (TPSA) is 50.4 Å². The van der Waals surface area contributed by atoms with E-state index in [1.165, 1.54) is 0 Å². The molecule has 1 aliphatic rings. The molecule has 5 heteroatoms. The number of nitrogens with one attached hydrogen (secondary N) is 1. The summed E-state index contributed by atoms with van der Waals surface area (Å²) in [6.45, 7) is 4.76. The molecule has 0 atom stereocenters. The van der Waals surface area contributed by atoms with Crippen LogP contribution in [0.5, 0.6) is 11.5 Å². The van der Waals surface area contributed by atoms with Crippen molar-refractivity contribution in [1.82, 2.24) is 14.9 Å². The maximum absolute atomic E-state index is 5.96. The third-order valence-electron chi connectivity index (χ3n) is 3.59. The van der Waals surface area contributed by atoms with Gasteiger partial charge in [-0.15, -0.1) is 0 Å². The zero-order chi connectivity index (χ0) is 13.9. The Morgan fingerprint density at radius 1 is 1.30 bits per heavy atom. The van der Waals surface area contributed by atoms with E-state index < -0.39 is 0 Å². The highest BCUT2D eigenvalue weighted by Gasteiger charge is 2.29. The summed E-state index contributed by atoms with van der Waals surface area (Å²) in [5.41, 5.74) is 2.25. The highest BCUT2D eigenvalue weighted by molar-refractivity contribution is 5.39. The summed E-state index contributed by atoms with van der Waals surface area (Å²) >= 11 is 0. The van der Waals surface area contributed by atoms with Gasteiger partial charge in [0, 0.05) is 25.3 Å². The standard InChI is InChI=1S/C15H19N3O2/c1-11-13(17-10-16-11)9-18-7-12(8-18)20-15-6-4-3-5-14(15)19-2/h3-6,10,12H,7-9H2,1-2H3,(H,16,17). The first-order valence-corrected chi connectivity index (χ1v) is 6.77. The number of methoxy groups -OCH3 is 1. The van der Waals surface area contributed by atoms with Crippen LogP contribution in [0.15, 0.2) is 30.6 Å². The molecule has 1 fully saturated rings. The lowest BCUT2D eigenvalue weighted by molar-refractivity contribution is 0.0123. The Bertz CT molecular complexity index is 576. The van der Waals surface area contributed by atoms with E-state index in [1.807, 2.05) is 31.2 Å². The molecule has 1 aliphatic heterocycles. The van der Waals surface area contributed by atoms with Crippen LogP contribution in [-0.4, -0.2) is 41.2 Å². The number of rotatable bonds is 5. The van der Waals surface area contributed by atoms with Crippen molar-refractivity contribution in [2.45, 2.75) is 19.6 Å². The Labute approximate surface area is 118 Å². The van der Waals surface area contributed by atoms with E-state index >= 15 is 0 Å². The van der Waals surface area contributed by atoms with Crippen molar-refractivity contribution in [3.05, 3.63) is 42.0 Å². The second kappa shape index (κ2) is 5.54. The van der Waals surface area contributed by atoms with Gasteiger partial charge in [-0.1, -0.05) is 12.1 Å². The molecule has 0 amide bonds. The van der Waals surface area contributed by atoms with E-state index in [2.05, 4.69) is 14.9 Å². The number of likely N-dealkylation sites (tertiary alicyclic amines) is 1. The first-order valence-electron chi connectivity index (χ1n) is 6.77. The van der Waals surface area contributed by atoms with E-state index in [1.54, 1.807) is 13.4 Å². The van der Waals surface area contributed by atoms with Crippen molar-refractivity contribution in [2.24, 2.45) is 0 Å². The van der Waals surface area contributed by atoms with E-state index in [0.717, 1.165) is 42.5 Å². The van der Waals surface area contributed by atoms with Gasteiger partial charge in [-0.05, 0) is 19.1 Å². The molecule has 1 aromatic carbocycles. The van der Waals surface area contributed by atoms with Gasteiger partial charge in [-0.3, -0.25) is 4.90 Å². The number of ether oxygens (including phenoxy) is 2. The Balaban J connectivity index is 1.52. The van der Waals surface area contributed by atoms with Gasteiger partial charge in [-0.2, -0.15) is 0 Å². The zero-order valence-electron chi connectivity index (χ0n) is 11.8. The van der Waals surface area contributed by atoms with Crippen LogP contribution in [0.2, 0.25) is 0 Å². The number of aromatic nitrogens is 2. The molecule has 1 saturated heterocycles. The number of hydrogen-bond acceptors (Lipinski definition) is 4. The fourth-order valence-corrected chi connectivity index (χ4v) is 2.38. The third kappa shape index (κ3) is 2.63. The van der Waals surface area contributed by atoms with Crippen molar-refractivity contribution in [1.29, 1.82) is 0 Å². The lowest BCUT2D eigenvalue weighted by Crippen LogP contribution is -2.53. The molecule has 0 radical (unpaired) electrons. The lowest BCUT2D eigenvalue weighted by atomic mass is 10.1. The van der Waals surface area contributed by atoms with E-state index in [0.29, 0.717) is 0 Å². The number of H-pyrrole nitrogens is 1. The molecule has 1 aromatic heterocycles. The van der Waals surface area contributed by atoms with Crippen LogP contribution in [0.25, 0.3) is 0 Å². The predicted molar refractivity (Wildman–Crippen MR) is 76.0 cm³/mol. The van der Waals surface area contributed by atoms with Gasteiger partial charge in [0.05, 0.1) is 19.1 Å². The van der Waals surface area contributed by atoms with Crippen molar-refractivity contribution in [2.75, 3.05) is 20.2 Å². The molecule has 0 aliphatic carbocycles. The first-order chi connectivity index (χ1) is 9.76. The smallest absolute Gasteiger partial charge is 0.161 e. The van der Waals surface area contributed by atoms with Crippen molar-refractivity contribution >= 4 is 0 Å². The van der Waals surface area contributed by atoms with Crippen molar-refractivity contribution in [3.8, 4) is 11.5 Å². The number of imidazole rings is 1. The summed E-state index contributed by atoms with van der Waals surface area (Å²) in [6, 6.07) is 7.76. The fraction of sp³-hybridized carbons (Fsp3) is 0.400. The molecular weight excluding hydrogens is 254 g/mol. The van der Waals surface area contributed by atoms with Gasteiger partial charge < -0.3 is 14.5 Å². The van der Waals surface area contributed by atoms with Crippen LogP contribution in [0.4, 0.5) is 0 Å². The van der Waals surface area contributed by atoms with E-state index in [-0.39, 0.29) is 6.10 Å². The van der Waals surface area contributed by atoms with Crippen molar-refractivity contribution in [3.63, 3.8) is 0 Å². The van der Waals surface area contributed by atoms with Crippen LogP contribution in [0, 0.1) is 6.92 Å². The van der Waals surface area contributed by atoms with Crippen LogP contribution in [0.3, 0.4) is 0 Å². The molecule has 0 saturated carbocycles. The lowest BCUT2D eigenvalue weighted by Gasteiger charge is -2.38. The summed E-state index contributed by atoms with van der Waals surface area (Å²) in [4.78, 5) is 9.74. The summed E-state index contributed by atoms with van der Waals surface area (Å²) in [6.07, 6.45) is 1.97. The molecular formula is C15H19N3O2. The summed E-state index contributed by atoms with van der Waals surface area (Å²) in [5.74, 6) is 1.60. The van der Waals surface area contributed by atoms with E-state index in [4.69, 9.17) is 9.47 Å². The van der Waals surface area contributed by atoms with Gasteiger partial charge in [-0.25, -0.2) is 4.98 Å². The maximum atomic E-state index is 5.96. The highest BCUT2D eigenvalue weighted by Crippen LogP contribution is 2.28. The molecule has 106 valence electrons. The van der Waals surface area contributed by atoms with Gasteiger partial charge in [0.1, 0.15) is 6.10 Å². The maximum Gasteiger partial charge on any atom is 0.161 e. The average Bonchev–Trinajstić information content (AvgIpc) is 2.82. The molecule has 5 nitrogen and oxygen atoms in total. The normalized spacial score (nSPS) is 15.9. The SMILES string of the molecule is COc1ccccc1OC1CN(Cc2nc[nH]c2C)C1. The Morgan fingerprint density at radius 2 is 2.05 bits per heavy atom. The molecule has 2 heterocycles. The second-order valence-corrected chi connectivity index (χ2v) is 5.06. The summed E-state index contributed by atoms with van der Waals surface area (Å²) in [7, 11) is 1.66. The molecule has 0 spiro atoms. The highest BCUT2D eigenvalue weighted by atomic mass is 16.5. The molecule has 3 rings (SSSR count). The largest absolute Gasteiger partial charge is 0.493 e. The van der Waals surface area contributed by atoms with Crippen molar-refractivity contribution < 1.29 is 9.47 Å². The minimum atomic E-state index is 0.227. The minimum Gasteiger partial charge on any atom is -0.493 e. The van der Waals surface area contributed by atoms with Crippen LogP contribution < -0.4 is 9.47 Å². The number of benzene rings is 1. The first kappa shape index (κ1) is 13.0. The van der Waals surface area contributed by atoms with Crippen LogP contribution in [0.1, 0.15) is 11.4 Å². The van der Waals surface area contributed by atoms with Crippen LogP contribution in [-0.2, 0) is 6.54 Å². The van der Waals surface area contributed by atoms with Crippen LogP contribution >= 0.6 is 0 Å². The Hall–Kier alpha value is -2.01. The quantitative estimate of drug-likeness (QED) is 0.905. The fourth-order valence-electron chi connectivity index (χ4n) is 2.38. The number of nitrogens with zero attached hydrogens (tertiary/aromatic N) is 2. The van der Waals surface area contributed by atoms with Gasteiger partial charge in [0.2, 0.25) is 0 Å². The molecule has 20 heavy (non-hydrogen) atoms. The monoisotopic (exact) mass is 273 g/mol. The Morgan fingerprint density at radius 3 is 2.70 bits per heavy atom. The Kier molecular flexibility index (Phi) is 3.60. The number of aromatic amines is 1. The zero-order valence-corrected chi connectivity index (χ0v) is 11.8. The second-order valence-electron chi connectivity index (χ2n) is 5.06.